The molecule has 1 aromatic heterocycles. The highest BCUT2D eigenvalue weighted by molar-refractivity contribution is 7.91. The molecule has 1 aliphatic carbocycles. The summed E-state index contributed by atoms with van der Waals surface area (Å²) in [6.07, 6.45) is 6.59. The minimum absolute atomic E-state index is 0.0280. The highest BCUT2D eigenvalue weighted by Crippen LogP contribution is 2.29. The third kappa shape index (κ3) is 4.88. The van der Waals surface area contributed by atoms with Crippen LogP contribution in [0.5, 0.6) is 0 Å². The van der Waals surface area contributed by atoms with Crippen LogP contribution in [0.25, 0.3) is 0 Å². The summed E-state index contributed by atoms with van der Waals surface area (Å²) in [6, 6.07) is 7.47. The first-order valence-electron chi connectivity index (χ1n) is 9.04. The van der Waals surface area contributed by atoms with E-state index in [1.165, 1.54) is 24.8 Å². The third-order valence-corrected chi connectivity index (χ3v) is 6.84. The Labute approximate surface area is 158 Å². The van der Waals surface area contributed by atoms with Crippen LogP contribution in [0.2, 0.25) is 0 Å². The smallest absolute Gasteiger partial charge is 0.315 e. The van der Waals surface area contributed by atoms with Gasteiger partial charge in [0.2, 0.25) is 0 Å². The van der Waals surface area contributed by atoms with E-state index in [1.54, 1.807) is 12.1 Å². The fourth-order valence-corrected chi connectivity index (χ4v) is 4.88. The lowest BCUT2D eigenvalue weighted by Crippen LogP contribution is -2.44. The average molecular weight is 394 g/mol. The summed E-state index contributed by atoms with van der Waals surface area (Å²) in [5, 5.41) is 4.43. The number of hydrogen-bond donors (Lipinski definition) is 2. The molecule has 0 spiro atoms. The SMILES string of the molecule is O=C(NCC(c1ccco1)S(=O)(=O)c1ccc(F)cc1)NC1CCCCC1. The van der Waals surface area contributed by atoms with Gasteiger partial charge in [-0.3, -0.25) is 0 Å². The number of benzene rings is 1. The van der Waals surface area contributed by atoms with Crippen LogP contribution in [0.3, 0.4) is 0 Å². The summed E-state index contributed by atoms with van der Waals surface area (Å²) in [5.74, 6) is -0.300. The van der Waals surface area contributed by atoms with Gasteiger partial charge in [-0.1, -0.05) is 19.3 Å². The standard InChI is InChI=1S/C19H23FN2O4S/c20-14-8-10-16(11-9-14)27(24,25)18(17-7-4-12-26-17)13-21-19(23)22-15-5-2-1-3-6-15/h4,7-12,15,18H,1-3,5-6,13H2,(H2,21,22,23). The first kappa shape index (κ1) is 19.4. The summed E-state index contributed by atoms with van der Waals surface area (Å²) in [6.45, 7) is -0.147. The minimum Gasteiger partial charge on any atom is -0.468 e. The number of furan rings is 1. The summed E-state index contributed by atoms with van der Waals surface area (Å²) in [7, 11) is -3.87. The molecule has 0 bridgehead atoms. The zero-order valence-corrected chi connectivity index (χ0v) is 15.7. The largest absolute Gasteiger partial charge is 0.468 e. The number of amides is 2. The van der Waals surface area contributed by atoms with Gasteiger partial charge in [0, 0.05) is 12.6 Å². The minimum atomic E-state index is -3.87. The molecule has 2 N–H and O–H groups in total. The van der Waals surface area contributed by atoms with Crippen LogP contribution in [0.15, 0.2) is 52.0 Å². The van der Waals surface area contributed by atoms with Gasteiger partial charge in [0.25, 0.3) is 0 Å². The van der Waals surface area contributed by atoms with Crippen molar-refractivity contribution in [1.82, 2.24) is 10.6 Å². The van der Waals surface area contributed by atoms with E-state index in [-0.39, 0.29) is 23.2 Å². The highest BCUT2D eigenvalue weighted by Gasteiger charge is 2.32. The van der Waals surface area contributed by atoms with Crippen molar-refractivity contribution in [3.63, 3.8) is 0 Å². The lowest BCUT2D eigenvalue weighted by atomic mass is 9.96. The van der Waals surface area contributed by atoms with E-state index < -0.39 is 26.9 Å². The maximum absolute atomic E-state index is 13.1. The van der Waals surface area contributed by atoms with Gasteiger partial charge in [-0.2, -0.15) is 0 Å². The molecule has 0 saturated heterocycles. The second-order valence-corrected chi connectivity index (χ2v) is 8.82. The zero-order chi connectivity index (χ0) is 19.3. The second-order valence-electron chi connectivity index (χ2n) is 6.69. The van der Waals surface area contributed by atoms with Crippen molar-refractivity contribution in [2.24, 2.45) is 0 Å². The molecular formula is C19H23FN2O4S. The second kappa shape index (κ2) is 8.56. The van der Waals surface area contributed by atoms with Crippen molar-refractivity contribution in [2.75, 3.05) is 6.54 Å². The fourth-order valence-electron chi connectivity index (χ4n) is 3.29. The molecule has 1 saturated carbocycles. The Balaban J connectivity index is 1.72. The number of rotatable bonds is 6. The van der Waals surface area contributed by atoms with E-state index in [2.05, 4.69) is 10.6 Å². The Morgan fingerprint density at radius 2 is 1.85 bits per heavy atom. The molecule has 2 aromatic rings. The van der Waals surface area contributed by atoms with Gasteiger partial charge in [-0.25, -0.2) is 17.6 Å². The zero-order valence-electron chi connectivity index (χ0n) is 14.9. The summed E-state index contributed by atoms with van der Waals surface area (Å²) < 4.78 is 44.4. The van der Waals surface area contributed by atoms with Gasteiger partial charge in [-0.15, -0.1) is 0 Å². The van der Waals surface area contributed by atoms with Gasteiger partial charge < -0.3 is 15.1 Å². The number of halogens is 1. The first-order valence-corrected chi connectivity index (χ1v) is 10.6. The number of nitrogens with one attached hydrogen (secondary N) is 2. The van der Waals surface area contributed by atoms with E-state index in [1.807, 2.05) is 0 Å². The van der Waals surface area contributed by atoms with E-state index in [0.717, 1.165) is 37.8 Å². The predicted molar refractivity (Wildman–Crippen MR) is 98.4 cm³/mol. The van der Waals surface area contributed by atoms with Gasteiger partial charge in [0.05, 0.1) is 11.2 Å². The summed E-state index contributed by atoms with van der Waals surface area (Å²) >= 11 is 0. The number of carbonyl (C=O) groups excluding carboxylic acids is 1. The molecule has 1 unspecified atom stereocenters. The normalized spacial score (nSPS) is 16.6. The van der Waals surface area contributed by atoms with Crippen molar-refractivity contribution in [2.45, 2.75) is 48.3 Å². The molecule has 1 aliphatic rings. The Bertz CT molecular complexity index is 844. The number of carbonyl (C=O) groups is 1. The van der Waals surface area contributed by atoms with E-state index in [0.29, 0.717) is 0 Å². The number of sulfone groups is 1. The molecule has 2 amide bonds. The quantitative estimate of drug-likeness (QED) is 0.733. The predicted octanol–water partition coefficient (Wildman–Crippen LogP) is 3.57. The van der Waals surface area contributed by atoms with Crippen LogP contribution in [-0.2, 0) is 9.84 Å². The van der Waals surface area contributed by atoms with Crippen LogP contribution in [0.1, 0.15) is 43.1 Å². The van der Waals surface area contributed by atoms with Crippen molar-refractivity contribution >= 4 is 15.9 Å². The topological polar surface area (TPSA) is 88.4 Å². The van der Waals surface area contributed by atoms with Crippen LogP contribution < -0.4 is 10.6 Å². The molecule has 1 aromatic carbocycles. The van der Waals surface area contributed by atoms with Crippen molar-refractivity contribution in [3.05, 3.63) is 54.2 Å². The molecular weight excluding hydrogens is 371 g/mol. The molecule has 146 valence electrons. The number of urea groups is 1. The molecule has 3 rings (SSSR count). The molecule has 0 aliphatic heterocycles. The van der Waals surface area contributed by atoms with Gasteiger partial charge in [-0.05, 0) is 49.2 Å². The van der Waals surface area contributed by atoms with Crippen molar-refractivity contribution in [1.29, 1.82) is 0 Å². The maximum Gasteiger partial charge on any atom is 0.315 e. The summed E-state index contributed by atoms with van der Waals surface area (Å²) in [5.41, 5.74) is 0. The Morgan fingerprint density at radius 3 is 2.48 bits per heavy atom. The van der Waals surface area contributed by atoms with Gasteiger partial charge in [0.15, 0.2) is 9.84 Å². The van der Waals surface area contributed by atoms with Crippen LogP contribution in [0.4, 0.5) is 9.18 Å². The van der Waals surface area contributed by atoms with Crippen LogP contribution in [-0.4, -0.2) is 27.0 Å². The lowest BCUT2D eigenvalue weighted by molar-refractivity contribution is 0.232. The van der Waals surface area contributed by atoms with Gasteiger partial charge in [0.1, 0.15) is 16.8 Å². The van der Waals surface area contributed by atoms with Crippen LogP contribution in [0, 0.1) is 5.82 Å². The van der Waals surface area contributed by atoms with Crippen molar-refractivity contribution < 1.29 is 22.0 Å². The monoisotopic (exact) mass is 394 g/mol. The molecule has 27 heavy (non-hydrogen) atoms. The third-order valence-electron chi connectivity index (χ3n) is 4.77. The molecule has 1 heterocycles. The van der Waals surface area contributed by atoms with Crippen LogP contribution >= 0.6 is 0 Å². The van der Waals surface area contributed by atoms with E-state index in [4.69, 9.17) is 4.42 Å². The van der Waals surface area contributed by atoms with E-state index in [9.17, 15) is 17.6 Å². The van der Waals surface area contributed by atoms with E-state index >= 15 is 0 Å². The Morgan fingerprint density at radius 1 is 1.15 bits per heavy atom. The molecule has 6 nitrogen and oxygen atoms in total. The first-order chi connectivity index (χ1) is 13.0. The molecule has 0 radical (unpaired) electrons. The van der Waals surface area contributed by atoms with Gasteiger partial charge >= 0.3 is 6.03 Å². The molecule has 1 atom stereocenters. The highest BCUT2D eigenvalue weighted by atomic mass is 32.2. The lowest BCUT2D eigenvalue weighted by Gasteiger charge is -2.23. The maximum atomic E-state index is 13.1. The molecule has 1 fully saturated rings. The molecule has 8 heteroatoms. The summed E-state index contributed by atoms with van der Waals surface area (Å²) in [4.78, 5) is 12.2. The fraction of sp³-hybridized carbons (Fsp3) is 0.421. The average Bonchev–Trinajstić information content (AvgIpc) is 3.17. The number of hydrogen-bond acceptors (Lipinski definition) is 4. The Kier molecular flexibility index (Phi) is 6.15. The Hall–Kier alpha value is -2.35. The van der Waals surface area contributed by atoms with Crippen molar-refractivity contribution in [3.8, 4) is 0 Å².